The number of hydrogen-bond donors (Lipinski definition) is 1. The number of amides is 2. The molecule has 1 heterocycles. The van der Waals surface area contributed by atoms with Gasteiger partial charge in [-0.25, -0.2) is 0 Å². The van der Waals surface area contributed by atoms with Gasteiger partial charge in [-0.1, -0.05) is 53.0 Å². The smallest absolute Gasteiger partial charge is 0.255 e. The minimum atomic E-state index is -0.475. The summed E-state index contributed by atoms with van der Waals surface area (Å²) in [4.78, 5) is 26.9. The molecule has 0 bridgehead atoms. The summed E-state index contributed by atoms with van der Waals surface area (Å²) in [6.07, 6.45) is 4.04. The first-order valence-corrected chi connectivity index (χ1v) is 8.13. The lowest BCUT2D eigenvalue weighted by Crippen LogP contribution is -2.61. The average Bonchev–Trinajstić information content (AvgIpc) is 2.81. The van der Waals surface area contributed by atoms with Crippen molar-refractivity contribution in [3.63, 3.8) is 0 Å². The van der Waals surface area contributed by atoms with Crippen LogP contribution in [0.3, 0.4) is 0 Å². The van der Waals surface area contributed by atoms with E-state index in [9.17, 15) is 9.59 Å². The summed E-state index contributed by atoms with van der Waals surface area (Å²) in [7, 11) is 0. The van der Waals surface area contributed by atoms with Crippen LogP contribution in [0.25, 0.3) is 0 Å². The third-order valence-corrected chi connectivity index (χ3v) is 4.89. The standard InChI is InChI=1S/C19H30N2O2/c1-9-14-12-21(16(22)15(14)10-2)19(8,11-3)13(4)20-17(23)18(5,6)7/h9-10,13H,1-2,11-12H2,3-8H3,(H,20,23). The molecule has 1 N–H and O–H groups in total. The molecule has 1 aliphatic rings. The van der Waals surface area contributed by atoms with E-state index in [2.05, 4.69) is 18.5 Å². The van der Waals surface area contributed by atoms with Crippen LogP contribution in [0.15, 0.2) is 36.5 Å². The highest BCUT2D eigenvalue weighted by Gasteiger charge is 2.44. The predicted octanol–water partition coefficient (Wildman–Crippen LogP) is 3.22. The number of rotatable bonds is 6. The molecule has 1 rings (SSSR count). The van der Waals surface area contributed by atoms with E-state index in [0.29, 0.717) is 12.1 Å². The minimum Gasteiger partial charge on any atom is -0.351 e. The van der Waals surface area contributed by atoms with Gasteiger partial charge in [-0.3, -0.25) is 9.59 Å². The molecule has 0 saturated heterocycles. The maximum atomic E-state index is 12.7. The van der Waals surface area contributed by atoms with Crippen LogP contribution >= 0.6 is 0 Å². The quantitative estimate of drug-likeness (QED) is 0.817. The predicted molar refractivity (Wildman–Crippen MR) is 94.9 cm³/mol. The van der Waals surface area contributed by atoms with Crippen LogP contribution in [0.5, 0.6) is 0 Å². The summed E-state index contributed by atoms with van der Waals surface area (Å²) in [5.74, 6) is -0.0618. The molecule has 0 aliphatic carbocycles. The molecule has 1 aliphatic heterocycles. The molecule has 128 valence electrons. The van der Waals surface area contributed by atoms with Gasteiger partial charge in [0, 0.05) is 23.6 Å². The van der Waals surface area contributed by atoms with Crippen molar-refractivity contribution in [1.82, 2.24) is 10.2 Å². The fourth-order valence-corrected chi connectivity index (χ4v) is 2.71. The van der Waals surface area contributed by atoms with E-state index in [1.807, 2.05) is 46.4 Å². The molecule has 0 aromatic carbocycles. The van der Waals surface area contributed by atoms with Crippen LogP contribution < -0.4 is 5.32 Å². The van der Waals surface area contributed by atoms with Gasteiger partial charge >= 0.3 is 0 Å². The lowest BCUT2D eigenvalue weighted by molar-refractivity contribution is -0.135. The third kappa shape index (κ3) is 3.57. The monoisotopic (exact) mass is 318 g/mol. The molecule has 0 fully saturated rings. The average molecular weight is 318 g/mol. The van der Waals surface area contributed by atoms with Crippen molar-refractivity contribution in [2.75, 3.05) is 6.54 Å². The number of nitrogens with zero attached hydrogens (tertiary/aromatic N) is 1. The van der Waals surface area contributed by atoms with Crippen molar-refractivity contribution < 1.29 is 9.59 Å². The lowest BCUT2D eigenvalue weighted by Gasteiger charge is -2.44. The van der Waals surface area contributed by atoms with Gasteiger partial charge in [0.15, 0.2) is 0 Å². The fourth-order valence-electron chi connectivity index (χ4n) is 2.71. The zero-order valence-corrected chi connectivity index (χ0v) is 15.3. The van der Waals surface area contributed by atoms with E-state index >= 15 is 0 Å². The Bertz CT molecular complexity index is 554. The van der Waals surface area contributed by atoms with E-state index in [0.717, 1.165) is 12.0 Å². The van der Waals surface area contributed by atoms with Gasteiger partial charge in [0.2, 0.25) is 5.91 Å². The Balaban J connectivity index is 3.07. The van der Waals surface area contributed by atoms with Crippen molar-refractivity contribution in [2.24, 2.45) is 5.41 Å². The topological polar surface area (TPSA) is 49.4 Å². The molecule has 0 aromatic rings. The normalized spacial score (nSPS) is 19.4. The molecule has 4 nitrogen and oxygen atoms in total. The second-order valence-corrected chi connectivity index (χ2v) is 7.39. The van der Waals surface area contributed by atoms with Crippen molar-refractivity contribution in [1.29, 1.82) is 0 Å². The van der Waals surface area contributed by atoms with Crippen LogP contribution in [0.2, 0.25) is 0 Å². The molecule has 0 aromatic heterocycles. The van der Waals surface area contributed by atoms with E-state index < -0.39 is 11.0 Å². The highest BCUT2D eigenvalue weighted by molar-refractivity contribution is 6.00. The van der Waals surface area contributed by atoms with Gasteiger partial charge in [-0.05, 0) is 25.8 Å². The molecule has 2 unspecified atom stereocenters. The number of hydrogen-bond acceptors (Lipinski definition) is 2. The first-order chi connectivity index (χ1) is 10.5. The van der Waals surface area contributed by atoms with Gasteiger partial charge in [0.1, 0.15) is 0 Å². The molecule has 23 heavy (non-hydrogen) atoms. The Morgan fingerprint density at radius 1 is 1.30 bits per heavy atom. The number of carbonyl (C=O) groups excluding carboxylic acids is 2. The van der Waals surface area contributed by atoms with Gasteiger partial charge < -0.3 is 10.2 Å². The minimum absolute atomic E-state index is 0.0165. The van der Waals surface area contributed by atoms with Crippen LogP contribution in [0.1, 0.15) is 48.0 Å². The maximum Gasteiger partial charge on any atom is 0.255 e. The zero-order valence-electron chi connectivity index (χ0n) is 15.3. The molecule has 2 amide bonds. The van der Waals surface area contributed by atoms with Crippen LogP contribution in [0, 0.1) is 5.41 Å². The summed E-state index contributed by atoms with van der Waals surface area (Å²) < 4.78 is 0. The summed E-state index contributed by atoms with van der Waals surface area (Å²) in [5.41, 5.74) is 0.555. The van der Waals surface area contributed by atoms with Crippen LogP contribution in [-0.2, 0) is 9.59 Å². The summed E-state index contributed by atoms with van der Waals surface area (Å²) in [6, 6.07) is -0.168. The van der Waals surface area contributed by atoms with E-state index in [4.69, 9.17) is 0 Å². The highest BCUT2D eigenvalue weighted by atomic mass is 16.2. The molecular formula is C19H30N2O2. The molecular weight excluding hydrogens is 288 g/mol. The molecule has 4 heteroatoms. The van der Waals surface area contributed by atoms with E-state index in [1.165, 1.54) is 0 Å². The third-order valence-electron chi connectivity index (χ3n) is 4.89. The lowest BCUT2D eigenvalue weighted by atomic mass is 9.86. The first-order valence-electron chi connectivity index (χ1n) is 8.13. The highest BCUT2D eigenvalue weighted by Crippen LogP contribution is 2.32. The Labute approximate surface area is 140 Å². The second-order valence-electron chi connectivity index (χ2n) is 7.39. The largest absolute Gasteiger partial charge is 0.351 e. The van der Waals surface area contributed by atoms with Crippen molar-refractivity contribution in [3.05, 3.63) is 36.5 Å². The number of nitrogens with one attached hydrogen (secondary N) is 1. The van der Waals surface area contributed by atoms with Crippen molar-refractivity contribution in [2.45, 2.75) is 59.5 Å². The number of carbonyl (C=O) groups is 2. The fraction of sp³-hybridized carbons (Fsp3) is 0.579. The van der Waals surface area contributed by atoms with Crippen molar-refractivity contribution in [3.8, 4) is 0 Å². The summed E-state index contributed by atoms with van der Waals surface area (Å²) in [6.45, 7) is 19.7. The SMILES string of the molecule is C=CC1=C(C=C)C(=O)N(C(C)(CC)C(C)NC(=O)C(C)(C)C)C1. The molecule has 2 atom stereocenters. The maximum absolute atomic E-state index is 12.7. The van der Waals surface area contributed by atoms with Gasteiger partial charge in [-0.15, -0.1) is 0 Å². The Morgan fingerprint density at radius 2 is 1.87 bits per heavy atom. The van der Waals surface area contributed by atoms with Gasteiger partial charge in [0.25, 0.3) is 5.91 Å². The van der Waals surface area contributed by atoms with E-state index in [-0.39, 0.29) is 17.9 Å². The van der Waals surface area contributed by atoms with Crippen LogP contribution in [0.4, 0.5) is 0 Å². The van der Waals surface area contributed by atoms with Crippen molar-refractivity contribution >= 4 is 11.8 Å². The van der Waals surface area contributed by atoms with E-state index in [1.54, 1.807) is 12.2 Å². The molecule has 0 radical (unpaired) electrons. The Hall–Kier alpha value is -1.84. The van der Waals surface area contributed by atoms with Crippen LogP contribution in [-0.4, -0.2) is 34.8 Å². The molecule has 0 saturated carbocycles. The summed E-state index contributed by atoms with van der Waals surface area (Å²) in [5, 5.41) is 3.07. The first kappa shape index (κ1) is 19.2. The summed E-state index contributed by atoms with van der Waals surface area (Å²) >= 11 is 0. The second kappa shape index (κ2) is 6.73. The zero-order chi connectivity index (χ0) is 18.0. The van der Waals surface area contributed by atoms with Gasteiger partial charge in [0.05, 0.1) is 5.54 Å². The van der Waals surface area contributed by atoms with Gasteiger partial charge in [-0.2, -0.15) is 0 Å². The Kier molecular flexibility index (Phi) is 5.62. The molecule has 0 spiro atoms. The Morgan fingerprint density at radius 3 is 2.22 bits per heavy atom.